The smallest absolute Gasteiger partial charge is 0.119 e. The highest BCUT2D eigenvalue weighted by molar-refractivity contribution is 5.27. The monoisotopic (exact) mass is 229 g/mol. The Morgan fingerprint density at radius 2 is 2.12 bits per heavy atom. The van der Waals surface area contributed by atoms with Crippen molar-refractivity contribution in [1.82, 2.24) is 5.32 Å². The zero-order valence-electron chi connectivity index (χ0n) is 10.3. The van der Waals surface area contributed by atoms with E-state index in [1.807, 2.05) is 19.1 Å². The zero-order chi connectivity index (χ0) is 12.3. The minimum Gasteiger partial charge on any atom is -0.490 e. The van der Waals surface area contributed by atoms with E-state index < -0.39 is 0 Å². The minimum atomic E-state index is 0.549. The summed E-state index contributed by atoms with van der Waals surface area (Å²) in [7, 11) is 0. The van der Waals surface area contributed by atoms with Crippen molar-refractivity contribution in [3.63, 3.8) is 0 Å². The maximum atomic E-state index is 5.41. The molecule has 0 bridgehead atoms. The van der Waals surface area contributed by atoms with Gasteiger partial charge in [-0.3, -0.25) is 0 Å². The molecule has 2 heteroatoms. The third kappa shape index (κ3) is 5.79. The molecular formula is C15H19NO. The molecule has 0 radical (unpaired) electrons. The number of ether oxygens (including phenoxy) is 1. The maximum Gasteiger partial charge on any atom is 0.119 e. The van der Waals surface area contributed by atoms with Crippen LogP contribution in [-0.2, 0) is 6.54 Å². The minimum absolute atomic E-state index is 0.549. The lowest BCUT2D eigenvalue weighted by Gasteiger charge is -2.05. The van der Waals surface area contributed by atoms with E-state index in [9.17, 15) is 0 Å². The molecule has 0 aliphatic rings. The molecule has 0 aliphatic heterocycles. The predicted molar refractivity (Wildman–Crippen MR) is 71.9 cm³/mol. The van der Waals surface area contributed by atoms with Crippen molar-refractivity contribution >= 4 is 0 Å². The second-order valence-corrected chi connectivity index (χ2v) is 3.60. The van der Waals surface area contributed by atoms with Gasteiger partial charge in [0.05, 0.1) is 0 Å². The number of nitrogens with one attached hydrogen (secondary N) is 1. The molecule has 0 atom stereocenters. The van der Waals surface area contributed by atoms with Gasteiger partial charge in [-0.2, -0.15) is 0 Å². The summed E-state index contributed by atoms with van der Waals surface area (Å²) in [5.41, 5.74) is 1.25. The average Bonchev–Trinajstić information content (AvgIpc) is 2.37. The Morgan fingerprint density at radius 1 is 1.35 bits per heavy atom. The van der Waals surface area contributed by atoms with Crippen molar-refractivity contribution in [2.75, 3.05) is 13.2 Å². The van der Waals surface area contributed by atoms with Crippen LogP contribution in [0.15, 0.2) is 36.9 Å². The lowest BCUT2D eigenvalue weighted by Crippen LogP contribution is -2.14. The van der Waals surface area contributed by atoms with Crippen molar-refractivity contribution in [2.45, 2.75) is 19.9 Å². The van der Waals surface area contributed by atoms with Crippen LogP contribution in [0.25, 0.3) is 0 Å². The van der Waals surface area contributed by atoms with E-state index in [0.717, 1.165) is 25.3 Å². The van der Waals surface area contributed by atoms with E-state index in [2.05, 4.69) is 35.9 Å². The largest absolute Gasteiger partial charge is 0.490 e. The quantitative estimate of drug-likeness (QED) is 0.441. The molecule has 90 valence electrons. The van der Waals surface area contributed by atoms with E-state index in [0.29, 0.717) is 6.61 Å². The Morgan fingerprint density at radius 3 is 2.76 bits per heavy atom. The van der Waals surface area contributed by atoms with Crippen LogP contribution < -0.4 is 10.1 Å². The molecule has 1 N–H and O–H groups in total. The molecule has 0 saturated carbocycles. The standard InChI is InChI=1S/C15H19NO/c1-3-5-6-11-16-13-14-7-9-15(10-8-14)17-12-4-2/h4,7-10,16H,2,6,11-13H2,1H3. The summed E-state index contributed by atoms with van der Waals surface area (Å²) >= 11 is 0. The van der Waals surface area contributed by atoms with Gasteiger partial charge >= 0.3 is 0 Å². The summed E-state index contributed by atoms with van der Waals surface area (Å²) < 4.78 is 5.41. The van der Waals surface area contributed by atoms with Crippen molar-refractivity contribution in [3.05, 3.63) is 42.5 Å². The summed E-state index contributed by atoms with van der Waals surface area (Å²) in [5, 5.41) is 3.34. The van der Waals surface area contributed by atoms with Crippen LogP contribution in [-0.4, -0.2) is 13.2 Å². The lowest BCUT2D eigenvalue weighted by molar-refractivity contribution is 0.363. The Balaban J connectivity index is 2.29. The highest BCUT2D eigenvalue weighted by atomic mass is 16.5. The van der Waals surface area contributed by atoms with Gasteiger partial charge in [-0.15, -0.1) is 11.8 Å². The van der Waals surface area contributed by atoms with Crippen LogP contribution in [0, 0.1) is 11.8 Å². The highest BCUT2D eigenvalue weighted by Crippen LogP contribution is 2.11. The fourth-order valence-electron chi connectivity index (χ4n) is 1.37. The Bertz CT molecular complexity index is 384. The van der Waals surface area contributed by atoms with Gasteiger partial charge in [-0.1, -0.05) is 24.8 Å². The molecule has 0 amide bonds. The molecule has 0 aliphatic carbocycles. The molecule has 17 heavy (non-hydrogen) atoms. The van der Waals surface area contributed by atoms with Gasteiger partial charge < -0.3 is 10.1 Å². The highest BCUT2D eigenvalue weighted by Gasteiger charge is 1.94. The predicted octanol–water partition coefficient (Wildman–Crippen LogP) is 2.75. The topological polar surface area (TPSA) is 21.3 Å². The molecule has 1 aromatic rings. The van der Waals surface area contributed by atoms with E-state index in [1.165, 1.54) is 5.56 Å². The molecule has 0 fully saturated rings. The van der Waals surface area contributed by atoms with Crippen LogP contribution in [0.2, 0.25) is 0 Å². The van der Waals surface area contributed by atoms with Crippen molar-refractivity contribution in [1.29, 1.82) is 0 Å². The van der Waals surface area contributed by atoms with E-state index in [-0.39, 0.29) is 0 Å². The molecule has 0 saturated heterocycles. The number of benzene rings is 1. The first-order chi connectivity index (χ1) is 8.36. The first-order valence-corrected chi connectivity index (χ1v) is 5.79. The second kappa shape index (κ2) is 8.43. The normalized spacial score (nSPS) is 9.24. The molecule has 1 aromatic carbocycles. The SMILES string of the molecule is C=CCOc1ccc(CNCCC#CC)cc1. The lowest BCUT2D eigenvalue weighted by atomic mass is 10.2. The first-order valence-electron chi connectivity index (χ1n) is 5.79. The molecular weight excluding hydrogens is 210 g/mol. The average molecular weight is 229 g/mol. The summed E-state index contributed by atoms with van der Waals surface area (Å²) in [6.07, 6.45) is 2.64. The second-order valence-electron chi connectivity index (χ2n) is 3.60. The molecule has 2 nitrogen and oxygen atoms in total. The molecule has 0 unspecified atom stereocenters. The number of hydrogen-bond donors (Lipinski definition) is 1. The third-order valence-electron chi connectivity index (χ3n) is 2.22. The summed E-state index contributed by atoms with van der Waals surface area (Å²) in [6.45, 7) is 7.82. The zero-order valence-corrected chi connectivity index (χ0v) is 10.3. The summed E-state index contributed by atoms with van der Waals surface area (Å²) in [4.78, 5) is 0. The van der Waals surface area contributed by atoms with Crippen LogP contribution in [0.5, 0.6) is 5.75 Å². The van der Waals surface area contributed by atoms with Crippen molar-refractivity contribution in [3.8, 4) is 17.6 Å². The third-order valence-corrected chi connectivity index (χ3v) is 2.22. The maximum absolute atomic E-state index is 5.41. The van der Waals surface area contributed by atoms with Crippen LogP contribution in [0.3, 0.4) is 0 Å². The Hall–Kier alpha value is -1.72. The van der Waals surface area contributed by atoms with Crippen molar-refractivity contribution < 1.29 is 4.74 Å². The van der Waals surface area contributed by atoms with Gasteiger partial charge in [0.25, 0.3) is 0 Å². The molecule has 0 aromatic heterocycles. The van der Waals surface area contributed by atoms with Crippen LogP contribution in [0.1, 0.15) is 18.9 Å². The first kappa shape index (κ1) is 13.3. The molecule has 0 heterocycles. The summed E-state index contributed by atoms with van der Waals surface area (Å²) in [5.74, 6) is 6.78. The Kier molecular flexibility index (Phi) is 6.62. The fraction of sp³-hybridized carbons (Fsp3) is 0.333. The van der Waals surface area contributed by atoms with Gasteiger partial charge in [-0.05, 0) is 24.6 Å². The Labute approximate surface area is 104 Å². The molecule has 1 rings (SSSR count). The summed E-state index contributed by atoms with van der Waals surface area (Å²) in [6, 6.07) is 8.09. The number of rotatable bonds is 7. The van der Waals surface area contributed by atoms with E-state index in [4.69, 9.17) is 4.74 Å². The van der Waals surface area contributed by atoms with Gasteiger partial charge in [-0.25, -0.2) is 0 Å². The van der Waals surface area contributed by atoms with E-state index in [1.54, 1.807) is 6.08 Å². The van der Waals surface area contributed by atoms with Gasteiger partial charge in [0.15, 0.2) is 0 Å². The van der Waals surface area contributed by atoms with Gasteiger partial charge in [0.1, 0.15) is 12.4 Å². The van der Waals surface area contributed by atoms with Crippen LogP contribution >= 0.6 is 0 Å². The van der Waals surface area contributed by atoms with Gasteiger partial charge in [0.2, 0.25) is 0 Å². The molecule has 0 spiro atoms. The fourth-order valence-corrected chi connectivity index (χ4v) is 1.37. The van der Waals surface area contributed by atoms with Crippen molar-refractivity contribution in [2.24, 2.45) is 0 Å². The number of hydrogen-bond acceptors (Lipinski definition) is 2. The van der Waals surface area contributed by atoms with Gasteiger partial charge in [0, 0.05) is 19.5 Å². The van der Waals surface area contributed by atoms with E-state index >= 15 is 0 Å². The van der Waals surface area contributed by atoms with Crippen LogP contribution in [0.4, 0.5) is 0 Å².